The molecule has 1 spiro atoms. The molecule has 5 rings (SSSR count). The van der Waals surface area contributed by atoms with Gasteiger partial charge in [-0.25, -0.2) is 0 Å². The van der Waals surface area contributed by atoms with Gasteiger partial charge in [0.05, 0.1) is 6.10 Å². The molecule has 26 heavy (non-hydrogen) atoms. The van der Waals surface area contributed by atoms with Crippen molar-refractivity contribution in [2.24, 2.45) is 0 Å². The molecule has 0 radical (unpaired) electrons. The maximum absolute atomic E-state index is 9.73. The largest absolute Gasteiger partial charge is 0.487 e. The van der Waals surface area contributed by atoms with Gasteiger partial charge in [0.25, 0.3) is 0 Å². The normalized spacial score (nSPS) is 27.0. The summed E-state index contributed by atoms with van der Waals surface area (Å²) in [6.07, 6.45) is 10.6. The Morgan fingerprint density at radius 3 is 2.42 bits per heavy atom. The lowest BCUT2D eigenvalue weighted by Gasteiger charge is -2.48. The zero-order chi connectivity index (χ0) is 17.6. The van der Waals surface area contributed by atoms with Gasteiger partial charge < -0.3 is 19.6 Å². The van der Waals surface area contributed by atoms with Crippen molar-refractivity contribution in [2.45, 2.75) is 75.5 Å². The molecule has 0 amide bonds. The Kier molecular flexibility index (Phi) is 4.36. The van der Waals surface area contributed by atoms with Gasteiger partial charge >= 0.3 is 0 Å². The van der Waals surface area contributed by atoms with E-state index in [-0.39, 0.29) is 11.7 Å². The Morgan fingerprint density at radius 1 is 0.962 bits per heavy atom. The number of benzene rings is 1. The minimum Gasteiger partial charge on any atom is -0.487 e. The van der Waals surface area contributed by atoms with Crippen LogP contribution in [0.4, 0.5) is 5.69 Å². The molecule has 0 bridgehead atoms. The number of fused-ring (bicyclic) bond motifs is 1. The van der Waals surface area contributed by atoms with Crippen molar-refractivity contribution in [3.63, 3.8) is 0 Å². The standard InChI is InChI=1S/C22H32N2O2/c25-20-7-12-23(13-8-20)19-4-5-21-17(16-19)6-9-22(26-21)10-14-24(15-11-22)18-2-1-3-18/h4-5,16,18,20,25H,1-3,6-15H2. The minimum atomic E-state index is -0.113. The molecule has 1 aromatic rings. The summed E-state index contributed by atoms with van der Waals surface area (Å²) in [6, 6.07) is 7.63. The van der Waals surface area contributed by atoms with Crippen LogP contribution in [-0.4, -0.2) is 53.9 Å². The first-order valence-corrected chi connectivity index (χ1v) is 10.7. The first-order chi connectivity index (χ1) is 12.7. The molecule has 3 fully saturated rings. The van der Waals surface area contributed by atoms with Crippen molar-refractivity contribution in [2.75, 3.05) is 31.1 Å². The zero-order valence-corrected chi connectivity index (χ0v) is 15.8. The van der Waals surface area contributed by atoms with E-state index in [9.17, 15) is 5.11 Å². The van der Waals surface area contributed by atoms with Crippen LogP contribution < -0.4 is 9.64 Å². The number of hydrogen-bond acceptors (Lipinski definition) is 4. The van der Waals surface area contributed by atoms with E-state index in [4.69, 9.17) is 4.74 Å². The lowest BCUT2D eigenvalue weighted by Crippen LogP contribution is -2.53. The highest BCUT2D eigenvalue weighted by Crippen LogP contribution is 2.42. The van der Waals surface area contributed by atoms with Crippen molar-refractivity contribution in [1.82, 2.24) is 4.90 Å². The third-order valence-corrected chi connectivity index (χ3v) is 7.35. The summed E-state index contributed by atoms with van der Waals surface area (Å²) in [5.74, 6) is 1.12. The van der Waals surface area contributed by atoms with Gasteiger partial charge in [-0.3, -0.25) is 0 Å². The Bertz CT molecular complexity index is 642. The highest BCUT2D eigenvalue weighted by molar-refractivity contribution is 5.54. The third kappa shape index (κ3) is 3.11. The molecule has 2 saturated heterocycles. The van der Waals surface area contributed by atoms with E-state index in [1.807, 2.05) is 0 Å². The number of piperidine rings is 2. The van der Waals surface area contributed by atoms with Gasteiger partial charge in [-0.2, -0.15) is 0 Å². The summed E-state index contributed by atoms with van der Waals surface area (Å²) in [4.78, 5) is 5.12. The van der Waals surface area contributed by atoms with Crippen LogP contribution in [0.5, 0.6) is 5.75 Å². The smallest absolute Gasteiger partial charge is 0.123 e. The molecular weight excluding hydrogens is 324 g/mol. The van der Waals surface area contributed by atoms with E-state index in [0.29, 0.717) is 0 Å². The van der Waals surface area contributed by atoms with Crippen molar-refractivity contribution in [1.29, 1.82) is 0 Å². The molecule has 4 heteroatoms. The van der Waals surface area contributed by atoms with Crippen LogP contribution in [0.1, 0.15) is 56.9 Å². The van der Waals surface area contributed by atoms with Gasteiger partial charge in [0, 0.05) is 37.9 Å². The number of hydrogen-bond donors (Lipinski definition) is 1. The number of aliphatic hydroxyl groups is 1. The SMILES string of the molecule is OC1CCN(c2ccc3c(c2)CCC2(CCN(C4CCC4)CC2)O3)CC1. The number of nitrogens with zero attached hydrogens (tertiary/aromatic N) is 2. The van der Waals surface area contributed by atoms with Crippen LogP contribution >= 0.6 is 0 Å². The highest BCUT2D eigenvalue weighted by atomic mass is 16.5. The quantitative estimate of drug-likeness (QED) is 0.881. The molecule has 1 saturated carbocycles. The van der Waals surface area contributed by atoms with Crippen LogP contribution in [0.25, 0.3) is 0 Å². The number of aryl methyl sites for hydroxylation is 1. The molecule has 1 N–H and O–H groups in total. The van der Waals surface area contributed by atoms with Crippen LogP contribution in [-0.2, 0) is 6.42 Å². The van der Waals surface area contributed by atoms with E-state index < -0.39 is 0 Å². The zero-order valence-electron chi connectivity index (χ0n) is 15.8. The lowest BCUT2D eigenvalue weighted by atomic mass is 9.81. The highest BCUT2D eigenvalue weighted by Gasteiger charge is 2.41. The summed E-state index contributed by atoms with van der Waals surface area (Å²) in [5.41, 5.74) is 2.76. The van der Waals surface area contributed by atoms with Crippen molar-refractivity contribution in [3.05, 3.63) is 23.8 Å². The molecule has 1 aromatic carbocycles. The Hall–Kier alpha value is -1.26. The number of anilines is 1. The van der Waals surface area contributed by atoms with E-state index >= 15 is 0 Å². The van der Waals surface area contributed by atoms with Crippen molar-refractivity contribution in [3.8, 4) is 5.75 Å². The minimum absolute atomic E-state index is 0.0873. The van der Waals surface area contributed by atoms with E-state index in [1.54, 1.807) is 0 Å². The molecule has 1 aliphatic carbocycles. The van der Waals surface area contributed by atoms with Crippen LogP contribution in [0, 0.1) is 0 Å². The fourth-order valence-electron chi connectivity index (χ4n) is 5.23. The second kappa shape index (κ2) is 6.72. The molecule has 4 aliphatic rings. The summed E-state index contributed by atoms with van der Waals surface area (Å²) < 4.78 is 6.61. The maximum atomic E-state index is 9.73. The molecule has 4 nitrogen and oxygen atoms in total. The summed E-state index contributed by atoms with van der Waals surface area (Å²) >= 11 is 0. The molecule has 0 aromatic heterocycles. The van der Waals surface area contributed by atoms with Gasteiger partial charge in [-0.15, -0.1) is 0 Å². The Morgan fingerprint density at radius 2 is 1.73 bits per heavy atom. The average molecular weight is 357 g/mol. The predicted molar refractivity (Wildman–Crippen MR) is 104 cm³/mol. The summed E-state index contributed by atoms with van der Waals surface area (Å²) in [7, 11) is 0. The summed E-state index contributed by atoms with van der Waals surface area (Å²) in [5, 5.41) is 9.73. The van der Waals surface area contributed by atoms with Gasteiger partial charge in [-0.05, 0) is 75.1 Å². The fraction of sp³-hybridized carbons (Fsp3) is 0.727. The Labute approximate surface area is 157 Å². The fourth-order valence-corrected chi connectivity index (χ4v) is 5.23. The molecule has 0 unspecified atom stereocenters. The monoisotopic (exact) mass is 356 g/mol. The molecule has 3 heterocycles. The molecular formula is C22H32N2O2. The number of aliphatic hydroxyl groups excluding tert-OH is 1. The second-order valence-electron chi connectivity index (χ2n) is 8.92. The van der Waals surface area contributed by atoms with Crippen LogP contribution in [0.2, 0.25) is 0 Å². The van der Waals surface area contributed by atoms with Crippen molar-refractivity contribution < 1.29 is 9.84 Å². The second-order valence-corrected chi connectivity index (χ2v) is 8.92. The Balaban J connectivity index is 1.25. The van der Waals surface area contributed by atoms with Gasteiger partial charge in [0.1, 0.15) is 11.4 Å². The van der Waals surface area contributed by atoms with Crippen LogP contribution in [0.3, 0.4) is 0 Å². The lowest BCUT2D eigenvalue weighted by molar-refractivity contribution is -0.0336. The van der Waals surface area contributed by atoms with E-state index in [1.165, 1.54) is 62.9 Å². The predicted octanol–water partition coefficient (Wildman–Crippen LogP) is 3.36. The molecule has 3 aliphatic heterocycles. The average Bonchev–Trinajstić information content (AvgIpc) is 2.63. The first-order valence-electron chi connectivity index (χ1n) is 10.7. The first kappa shape index (κ1) is 16.9. The number of likely N-dealkylation sites (tertiary alicyclic amines) is 1. The topological polar surface area (TPSA) is 35.9 Å². The summed E-state index contributed by atoms with van der Waals surface area (Å²) in [6.45, 7) is 4.35. The van der Waals surface area contributed by atoms with E-state index in [0.717, 1.165) is 44.1 Å². The van der Waals surface area contributed by atoms with Gasteiger partial charge in [0.2, 0.25) is 0 Å². The number of rotatable bonds is 2. The van der Waals surface area contributed by atoms with Crippen LogP contribution in [0.15, 0.2) is 18.2 Å². The number of ether oxygens (including phenoxy) is 1. The van der Waals surface area contributed by atoms with Gasteiger partial charge in [0.15, 0.2) is 0 Å². The van der Waals surface area contributed by atoms with E-state index in [2.05, 4.69) is 28.0 Å². The maximum Gasteiger partial charge on any atom is 0.123 e. The van der Waals surface area contributed by atoms with Gasteiger partial charge in [-0.1, -0.05) is 6.42 Å². The molecule has 142 valence electrons. The molecule has 0 atom stereocenters. The van der Waals surface area contributed by atoms with Crippen molar-refractivity contribution >= 4 is 5.69 Å². The third-order valence-electron chi connectivity index (χ3n) is 7.35.